The highest BCUT2D eigenvalue weighted by atomic mass is 127. The molecule has 0 aliphatic heterocycles. The molecule has 172 valence electrons. The summed E-state index contributed by atoms with van der Waals surface area (Å²) in [6, 6.07) is 16.1. The molecule has 0 aliphatic carbocycles. The number of aliphatic imine (C=N–C) groups is 1. The second-order valence-corrected chi connectivity index (χ2v) is 6.88. The van der Waals surface area contributed by atoms with Gasteiger partial charge in [-0.3, -0.25) is 5.10 Å². The van der Waals surface area contributed by atoms with Crippen molar-refractivity contribution in [3.05, 3.63) is 66.0 Å². The van der Waals surface area contributed by atoms with Crippen molar-refractivity contribution in [2.75, 3.05) is 26.9 Å². The Labute approximate surface area is 206 Å². The Morgan fingerprint density at radius 3 is 2.66 bits per heavy atom. The van der Waals surface area contributed by atoms with Crippen molar-refractivity contribution in [1.29, 1.82) is 0 Å². The minimum Gasteiger partial charge on any atom is -0.497 e. The zero-order valence-corrected chi connectivity index (χ0v) is 20.8. The van der Waals surface area contributed by atoms with Crippen LogP contribution in [0.4, 0.5) is 0 Å². The standard InChI is InChI=1S/C23H30N6O2.HI/c1-3-31-13-5-12-24-23(25-15-18-8-10-21(30-2)11-9-18)26-16-19-6-4-7-20(14-19)22-27-17-28-29-22;/h4,6-11,14,17H,3,5,12-13,15-16H2,1-2H3,(H2,24,25,26)(H,27,28,29);1H. The Balaban J connectivity index is 0.00000363. The Hall–Kier alpha value is -2.66. The molecule has 0 saturated carbocycles. The fraction of sp³-hybridized carbons (Fsp3) is 0.348. The van der Waals surface area contributed by atoms with Crippen LogP contribution in [0.3, 0.4) is 0 Å². The van der Waals surface area contributed by atoms with Crippen molar-refractivity contribution in [3.63, 3.8) is 0 Å². The molecule has 1 heterocycles. The third-order valence-electron chi connectivity index (χ3n) is 4.62. The fourth-order valence-electron chi connectivity index (χ4n) is 2.96. The van der Waals surface area contributed by atoms with E-state index in [2.05, 4.69) is 37.9 Å². The number of guanidine groups is 1. The highest BCUT2D eigenvalue weighted by Crippen LogP contribution is 2.16. The molecule has 0 spiro atoms. The molecule has 8 nitrogen and oxygen atoms in total. The minimum atomic E-state index is 0. The number of methoxy groups -OCH3 is 1. The van der Waals surface area contributed by atoms with Crippen molar-refractivity contribution in [2.45, 2.75) is 26.4 Å². The van der Waals surface area contributed by atoms with Gasteiger partial charge in [-0.2, -0.15) is 5.10 Å². The average Bonchev–Trinajstić information content (AvgIpc) is 3.36. The van der Waals surface area contributed by atoms with Crippen molar-refractivity contribution >= 4 is 29.9 Å². The molecule has 1 aromatic heterocycles. The van der Waals surface area contributed by atoms with E-state index in [1.807, 2.05) is 43.3 Å². The molecule has 2 aromatic carbocycles. The molecule has 3 rings (SSSR count). The Kier molecular flexibility index (Phi) is 11.5. The second kappa shape index (κ2) is 14.4. The maximum atomic E-state index is 5.42. The number of halogens is 1. The molecule has 3 N–H and O–H groups in total. The molecule has 0 radical (unpaired) electrons. The lowest BCUT2D eigenvalue weighted by molar-refractivity contribution is 0.145. The van der Waals surface area contributed by atoms with Gasteiger partial charge in [0.1, 0.15) is 12.1 Å². The summed E-state index contributed by atoms with van der Waals surface area (Å²) in [6.45, 7) is 5.47. The average molecular weight is 550 g/mol. The zero-order valence-electron chi connectivity index (χ0n) is 18.5. The molecular weight excluding hydrogens is 519 g/mol. The maximum Gasteiger partial charge on any atom is 0.191 e. The quantitative estimate of drug-likeness (QED) is 0.146. The SMILES string of the molecule is CCOCCCNC(=NCc1cccc(-c2ncn[nH]2)c1)NCc1ccc(OC)cc1.I. The molecule has 3 aromatic rings. The molecule has 0 saturated heterocycles. The number of aromatic amines is 1. The van der Waals surface area contributed by atoms with Gasteiger partial charge in [-0.15, -0.1) is 24.0 Å². The summed E-state index contributed by atoms with van der Waals surface area (Å²) in [7, 11) is 1.67. The smallest absolute Gasteiger partial charge is 0.191 e. The van der Waals surface area contributed by atoms with Gasteiger partial charge in [0.15, 0.2) is 11.8 Å². The number of aromatic nitrogens is 3. The number of rotatable bonds is 11. The molecule has 0 unspecified atom stereocenters. The van der Waals surface area contributed by atoms with Crippen LogP contribution in [0.5, 0.6) is 5.75 Å². The summed E-state index contributed by atoms with van der Waals surface area (Å²) in [6.07, 6.45) is 2.42. The van der Waals surface area contributed by atoms with Gasteiger partial charge in [-0.25, -0.2) is 9.98 Å². The zero-order chi connectivity index (χ0) is 21.7. The molecule has 0 fully saturated rings. The normalized spacial score (nSPS) is 11.0. The summed E-state index contributed by atoms with van der Waals surface area (Å²) in [5, 5.41) is 13.6. The van der Waals surface area contributed by atoms with Gasteiger partial charge >= 0.3 is 0 Å². The van der Waals surface area contributed by atoms with E-state index in [4.69, 9.17) is 14.5 Å². The van der Waals surface area contributed by atoms with E-state index in [9.17, 15) is 0 Å². The van der Waals surface area contributed by atoms with Crippen LogP contribution in [0.25, 0.3) is 11.4 Å². The van der Waals surface area contributed by atoms with Crippen LogP contribution in [0.2, 0.25) is 0 Å². The van der Waals surface area contributed by atoms with Gasteiger partial charge in [0.05, 0.1) is 13.7 Å². The van der Waals surface area contributed by atoms with Crippen LogP contribution >= 0.6 is 24.0 Å². The highest BCUT2D eigenvalue weighted by molar-refractivity contribution is 14.0. The molecule has 32 heavy (non-hydrogen) atoms. The van der Waals surface area contributed by atoms with Gasteiger partial charge in [0, 0.05) is 31.9 Å². The topological polar surface area (TPSA) is 96.5 Å². The number of nitrogens with one attached hydrogen (secondary N) is 3. The molecule has 0 bridgehead atoms. The third kappa shape index (κ3) is 8.46. The lowest BCUT2D eigenvalue weighted by atomic mass is 10.1. The molecule has 0 aliphatic rings. The Bertz CT molecular complexity index is 932. The second-order valence-electron chi connectivity index (χ2n) is 6.88. The monoisotopic (exact) mass is 550 g/mol. The number of hydrogen-bond donors (Lipinski definition) is 3. The van der Waals surface area contributed by atoms with E-state index in [1.54, 1.807) is 7.11 Å². The van der Waals surface area contributed by atoms with E-state index in [1.165, 1.54) is 6.33 Å². The van der Waals surface area contributed by atoms with Gasteiger partial charge in [-0.05, 0) is 42.7 Å². The van der Waals surface area contributed by atoms with Crippen LogP contribution in [0.15, 0.2) is 59.9 Å². The van der Waals surface area contributed by atoms with Crippen molar-refractivity contribution in [1.82, 2.24) is 25.8 Å². The van der Waals surface area contributed by atoms with Crippen molar-refractivity contribution < 1.29 is 9.47 Å². The van der Waals surface area contributed by atoms with Gasteiger partial charge in [0.2, 0.25) is 0 Å². The van der Waals surface area contributed by atoms with Crippen molar-refractivity contribution in [3.8, 4) is 17.1 Å². The Morgan fingerprint density at radius 2 is 1.94 bits per heavy atom. The minimum absolute atomic E-state index is 0. The number of benzene rings is 2. The number of nitrogens with zero attached hydrogens (tertiary/aromatic N) is 3. The fourth-order valence-corrected chi connectivity index (χ4v) is 2.96. The maximum absolute atomic E-state index is 5.42. The van der Waals surface area contributed by atoms with Gasteiger partial charge < -0.3 is 20.1 Å². The first-order valence-corrected chi connectivity index (χ1v) is 10.5. The van der Waals surface area contributed by atoms with E-state index in [0.717, 1.165) is 60.4 Å². The van der Waals surface area contributed by atoms with Crippen LogP contribution in [0.1, 0.15) is 24.5 Å². The molecule has 0 amide bonds. The number of H-pyrrole nitrogens is 1. The van der Waals surface area contributed by atoms with Gasteiger partial charge in [-0.1, -0.05) is 30.3 Å². The van der Waals surface area contributed by atoms with Crippen molar-refractivity contribution in [2.24, 2.45) is 4.99 Å². The van der Waals surface area contributed by atoms with Crippen LogP contribution in [-0.4, -0.2) is 48.0 Å². The van der Waals surface area contributed by atoms with Crippen LogP contribution < -0.4 is 15.4 Å². The first-order chi connectivity index (χ1) is 15.3. The van der Waals surface area contributed by atoms with Crippen LogP contribution in [0, 0.1) is 0 Å². The predicted octanol–water partition coefficient (Wildman–Crippen LogP) is 3.76. The van der Waals surface area contributed by atoms with Gasteiger partial charge in [0.25, 0.3) is 0 Å². The van der Waals surface area contributed by atoms with E-state index >= 15 is 0 Å². The summed E-state index contributed by atoms with van der Waals surface area (Å²) in [5.41, 5.74) is 3.23. The lowest BCUT2D eigenvalue weighted by Crippen LogP contribution is -2.37. The molecular formula is C23H31IN6O2. The summed E-state index contributed by atoms with van der Waals surface area (Å²) in [4.78, 5) is 8.98. The summed E-state index contributed by atoms with van der Waals surface area (Å²) < 4.78 is 10.6. The molecule has 9 heteroatoms. The highest BCUT2D eigenvalue weighted by Gasteiger charge is 2.04. The first-order valence-electron chi connectivity index (χ1n) is 10.5. The van der Waals surface area contributed by atoms with E-state index < -0.39 is 0 Å². The van der Waals surface area contributed by atoms with E-state index in [-0.39, 0.29) is 24.0 Å². The summed E-state index contributed by atoms with van der Waals surface area (Å²) >= 11 is 0. The van der Waals surface area contributed by atoms with E-state index in [0.29, 0.717) is 13.1 Å². The summed E-state index contributed by atoms with van der Waals surface area (Å²) in [5.74, 6) is 2.36. The van der Waals surface area contributed by atoms with Crippen LogP contribution in [-0.2, 0) is 17.8 Å². The lowest BCUT2D eigenvalue weighted by Gasteiger charge is -2.13. The largest absolute Gasteiger partial charge is 0.497 e. The number of ether oxygens (including phenoxy) is 2. The molecule has 0 atom stereocenters. The third-order valence-corrected chi connectivity index (χ3v) is 4.62. The first kappa shape index (κ1) is 25.6. The number of hydrogen-bond acceptors (Lipinski definition) is 5. The Morgan fingerprint density at radius 1 is 1.09 bits per heavy atom. The predicted molar refractivity (Wildman–Crippen MR) is 137 cm³/mol.